The Balaban J connectivity index is 2.64. The van der Waals surface area contributed by atoms with E-state index in [0.717, 1.165) is 5.82 Å². The molecule has 1 aromatic carbocycles. The number of hydrogen-bond acceptors (Lipinski definition) is 3. The molecule has 0 bridgehead atoms. The van der Waals surface area contributed by atoms with Crippen molar-refractivity contribution in [2.24, 2.45) is 0 Å². The number of anilines is 2. The molecule has 90 valence electrons. The molecule has 0 spiro atoms. The Bertz CT molecular complexity index is 545. The van der Waals surface area contributed by atoms with E-state index >= 15 is 0 Å². The highest BCUT2D eigenvalue weighted by Crippen LogP contribution is 2.27. The lowest BCUT2D eigenvalue weighted by molar-refractivity contribution is 0.626. The molecular weight excluding hydrogens is 219 g/mol. The van der Waals surface area contributed by atoms with Gasteiger partial charge in [0.2, 0.25) is 0 Å². The molecule has 0 aliphatic rings. The van der Waals surface area contributed by atoms with Gasteiger partial charge >= 0.3 is 0 Å². The molecule has 1 aromatic heterocycles. The third kappa shape index (κ3) is 1.95. The maximum absolute atomic E-state index is 13.4. The minimum atomic E-state index is -0.407. The summed E-state index contributed by atoms with van der Waals surface area (Å²) in [7, 11) is 0. The summed E-state index contributed by atoms with van der Waals surface area (Å²) in [5.74, 6) is 0.630. The smallest absolute Gasteiger partial charge is 0.127 e. The van der Waals surface area contributed by atoms with E-state index in [1.807, 2.05) is 13.8 Å². The Morgan fingerprint density at radius 1 is 1.29 bits per heavy atom. The van der Waals surface area contributed by atoms with Crippen molar-refractivity contribution >= 4 is 11.4 Å². The number of imidazole rings is 1. The van der Waals surface area contributed by atoms with Gasteiger partial charge in [-0.1, -0.05) is 13.8 Å². The van der Waals surface area contributed by atoms with Crippen molar-refractivity contribution in [3.05, 3.63) is 36.2 Å². The first kappa shape index (κ1) is 11.4. The number of rotatable bonds is 2. The highest BCUT2D eigenvalue weighted by Gasteiger charge is 2.13. The Labute approximate surface area is 99.1 Å². The van der Waals surface area contributed by atoms with E-state index in [0.29, 0.717) is 11.4 Å². The molecule has 2 aromatic rings. The van der Waals surface area contributed by atoms with E-state index < -0.39 is 5.82 Å². The van der Waals surface area contributed by atoms with Crippen molar-refractivity contribution < 1.29 is 4.39 Å². The Kier molecular flexibility index (Phi) is 2.75. The van der Waals surface area contributed by atoms with E-state index in [-0.39, 0.29) is 11.6 Å². The first-order chi connectivity index (χ1) is 8.00. The number of aromatic nitrogens is 2. The minimum absolute atomic E-state index is 0.217. The van der Waals surface area contributed by atoms with Crippen molar-refractivity contribution in [3.8, 4) is 5.69 Å². The topological polar surface area (TPSA) is 69.9 Å². The molecule has 5 heteroatoms. The van der Waals surface area contributed by atoms with Gasteiger partial charge in [0.05, 0.1) is 17.1 Å². The second kappa shape index (κ2) is 4.08. The number of nitrogens with two attached hydrogens (primary N) is 2. The van der Waals surface area contributed by atoms with Gasteiger partial charge in [-0.3, -0.25) is 0 Å². The van der Waals surface area contributed by atoms with E-state index in [9.17, 15) is 4.39 Å². The summed E-state index contributed by atoms with van der Waals surface area (Å²) in [5, 5.41) is 0. The standard InChI is InChI=1S/C12H15FN4/c1-7(2)12-16-3-4-17(12)10-6-8(13)5-9(14)11(10)15/h3-7H,14-15H2,1-2H3. The highest BCUT2D eigenvalue weighted by atomic mass is 19.1. The zero-order valence-corrected chi connectivity index (χ0v) is 9.81. The number of hydrogen-bond donors (Lipinski definition) is 2. The van der Waals surface area contributed by atoms with Crippen LogP contribution in [0.3, 0.4) is 0 Å². The lowest BCUT2D eigenvalue weighted by atomic mass is 10.2. The second-order valence-electron chi connectivity index (χ2n) is 4.24. The minimum Gasteiger partial charge on any atom is -0.397 e. The zero-order valence-electron chi connectivity index (χ0n) is 9.81. The Morgan fingerprint density at radius 2 is 2.00 bits per heavy atom. The Hall–Kier alpha value is -2.04. The molecule has 0 fully saturated rings. The van der Waals surface area contributed by atoms with Crippen molar-refractivity contribution in [1.82, 2.24) is 9.55 Å². The monoisotopic (exact) mass is 234 g/mol. The average Bonchev–Trinajstić information content (AvgIpc) is 2.72. The fourth-order valence-corrected chi connectivity index (χ4v) is 1.77. The average molecular weight is 234 g/mol. The lowest BCUT2D eigenvalue weighted by Crippen LogP contribution is -2.07. The van der Waals surface area contributed by atoms with Crippen LogP contribution in [0.2, 0.25) is 0 Å². The number of nitrogens with zero attached hydrogens (tertiary/aromatic N) is 2. The van der Waals surface area contributed by atoms with Crippen LogP contribution in [0.25, 0.3) is 5.69 Å². The normalized spacial score (nSPS) is 11.1. The van der Waals surface area contributed by atoms with E-state index in [2.05, 4.69) is 4.98 Å². The van der Waals surface area contributed by atoms with Gasteiger partial charge < -0.3 is 16.0 Å². The molecule has 0 aliphatic heterocycles. The van der Waals surface area contributed by atoms with Crippen LogP contribution in [-0.4, -0.2) is 9.55 Å². The lowest BCUT2D eigenvalue weighted by Gasteiger charge is -2.14. The van der Waals surface area contributed by atoms with Crippen LogP contribution in [0, 0.1) is 5.82 Å². The molecule has 4 N–H and O–H groups in total. The first-order valence-electron chi connectivity index (χ1n) is 5.38. The molecule has 0 saturated heterocycles. The summed E-state index contributed by atoms with van der Waals surface area (Å²) in [5.41, 5.74) is 12.7. The summed E-state index contributed by atoms with van der Waals surface area (Å²) in [6, 6.07) is 2.57. The van der Waals surface area contributed by atoms with Crippen molar-refractivity contribution in [2.75, 3.05) is 11.5 Å². The molecule has 1 heterocycles. The molecule has 4 nitrogen and oxygen atoms in total. The van der Waals surface area contributed by atoms with Crippen molar-refractivity contribution in [3.63, 3.8) is 0 Å². The second-order valence-corrected chi connectivity index (χ2v) is 4.24. The number of nitrogen functional groups attached to an aromatic ring is 2. The molecule has 0 radical (unpaired) electrons. The molecule has 0 unspecified atom stereocenters. The first-order valence-corrected chi connectivity index (χ1v) is 5.38. The number of benzene rings is 1. The third-order valence-electron chi connectivity index (χ3n) is 2.60. The number of halogens is 1. The van der Waals surface area contributed by atoms with Crippen molar-refractivity contribution in [2.45, 2.75) is 19.8 Å². The van der Waals surface area contributed by atoms with Crippen LogP contribution in [0.1, 0.15) is 25.6 Å². The molecule has 0 amide bonds. The van der Waals surface area contributed by atoms with E-state index in [1.54, 1.807) is 17.0 Å². The van der Waals surface area contributed by atoms with Gasteiger partial charge in [-0.05, 0) is 6.07 Å². The van der Waals surface area contributed by atoms with Crippen LogP contribution in [0.4, 0.5) is 15.8 Å². The van der Waals surface area contributed by atoms with Gasteiger partial charge in [0.1, 0.15) is 11.6 Å². The van der Waals surface area contributed by atoms with Gasteiger partial charge in [0, 0.05) is 24.4 Å². The molecule has 17 heavy (non-hydrogen) atoms. The summed E-state index contributed by atoms with van der Waals surface area (Å²) in [6.45, 7) is 4.02. The highest BCUT2D eigenvalue weighted by molar-refractivity contribution is 5.73. The largest absolute Gasteiger partial charge is 0.397 e. The van der Waals surface area contributed by atoms with Crippen LogP contribution < -0.4 is 11.5 Å². The maximum atomic E-state index is 13.4. The summed E-state index contributed by atoms with van der Waals surface area (Å²) in [4.78, 5) is 4.24. The molecule has 0 atom stereocenters. The van der Waals surface area contributed by atoms with Gasteiger partial charge in [-0.25, -0.2) is 9.37 Å². The Morgan fingerprint density at radius 3 is 2.65 bits per heavy atom. The SMILES string of the molecule is CC(C)c1nccn1-c1cc(F)cc(N)c1N. The third-order valence-corrected chi connectivity index (χ3v) is 2.60. The van der Waals surface area contributed by atoms with E-state index in [1.165, 1.54) is 12.1 Å². The van der Waals surface area contributed by atoms with E-state index in [4.69, 9.17) is 11.5 Å². The molecule has 0 aliphatic carbocycles. The van der Waals surface area contributed by atoms with Gasteiger partial charge in [0.15, 0.2) is 0 Å². The maximum Gasteiger partial charge on any atom is 0.127 e. The fourth-order valence-electron chi connectivity index (χ4n) is 1.77. The molecular formula is C12H15FN4. The summed E-state index contributed by atoms with van der Waals surface area (Å²) < 4.78 is 15.1. The summed E-state index contributed by atoms with van der Waals surface area (Å²) in [6.07, 6.45) is 3.41. The van der Waals surface area contributed by atoms with Crippen molar-refractivity contribution in [1.29, 1.82) is 0 Å². The van der Waals surface area contributed by atoms with Crippen LogP contribution in [-0.2, 0) is 0 Å². The molecule has 0 saturated carbocycles. The van der Waals surface area contributed by atoms with Crippen LogP contribution >= 0.6 is 0 Å². The van der Waals surface area contributed by atoms with Gasteiger partial charge in [-0.2, -0.15) is 0 Å². The quantitative estimate of drug-likeness (QED) is 0.783. The van der Waals surface area contributed by atoms with Crippen LogP contribution in [0.5, 0.6) is 0 Å². The van der Waals surface area contributed by atoms with Crippen LogP contribution in [0.15, 0.2) is 24.5 Å². The zero-order chi connectivity index (χ0) is 12.6. The summed E-state index contributed by atoms with van der Waals surface area (Å²) >= 11 is 0. The fraction of sp³-hybridized carbons (Fsp3) is 0.250. The predicted octanol–water partition coefficient (Wildman–Crippen LogP) is 2.30. The predicted molar refractivity (Wildman–Crippen MR) is 66.4 cm³/mol. The molecule has 2 rings (SSSR count). The van der Waals surface area contributed by atoms with Gasteiger partial charge in [-0.15, -0.1) is 0 Å². The van der Waals surface area contributed by atoms with Gasteiger partial charge in [0.25, 0.3) is 0 Å².